The number of nitrogens with zero attached hydrogens (tertiary/aromatic N) is 3. The standard InChI is InChI=1S/C13H18N4/c1-14-8-10-16(2)13-15-9-11-17(13)12-6-4-3-5-7-12/h3-7,9,11,14H,8,10H2,1-2H3. The number of aromatic nitrogens is 2. The summed E-state index contributed by atoms with van der Waals surface area (Å²) in [5, 5.41) is 3.14. The van der Waals surface area contributed by atoms with Crippen molar-refractivity contribution >= 4 is 5.95 Å². The second-order valence-electron chi connectivity index (χ2n) is 3.96. The summed E-state index contributed by atoms with van der Waals surface area (Å²) in [4.78, 5) is 6.55. The highest BCUT2D eigenvalue weighted by molar-refractivity contribution is 5.42. The molecule has 0 aliphatic carbocycles. The van der Waals surface area contributed by atoms with Crippen molar-refractivity contribution in [3.05, 3.63) is 42.7 Å². The van der Waals surface area contributed by atoms with Crippen LogP contribution in [-0.4, -0.2) is 36.7 Å². The van der Waals surface area contributed by atoms with E-state index in [4.69, 9.17) is 0 Å². The number of benzene rings is 1. The zero-order valence-electron chi connectivity index (χ0n) is 10.3. The van der Waals surface area contributed by atoms with Gasteiger partial charge >= 0.3 is 0 Å². The molecule has 0 spiro atoms. The Balaban J connectivity index is 2.23. The highest BCUT2D eigenvalue weighted by Gasteiger charge is 2.08. The third-order valence-corrected chi connectivity index (χ3v) is 2.69. The molecule has 0 atom stereocenters. The molecule has 2 aromatic rings. The molecular formula is C13H18N4. The van der Waals surface area contributed by atoms with Crippen LogP contribution in [0.25, 0.3) is 5.69 Å². The monoisotopic (exact) mass is 230 g/mol. The molecule has 0 amide bonds. The van der Waals surface area contributed by atoms with Gasteiger partial charge in [0.05, 0.1) is 0 Å². The Kier molecular flexibility index (Phi) is 3.77. The van der Waals surface area contributed by atoms with Crippen LogP contribution in [0, 0.1) is 0 Å². The molecule has 0 unspecified atom stereocenters. The summed E-state index contributed by atoms with van der Waals surface area (Å²) in [6.45, 7) is 1.87. The van der Waals surface area contributed by atoms with Gasteiger partial charge in [0, 0.05) is 38.2 Å². The average molecular weight is 230 g/mol. The van der Waals surface area contributed by atoms with E-state index in [9.17, 15) is 0 Å². The summed E-state index contributed by atoms with van der Waals surface area (Å²) < 4.78 is 2.09. The SMILES string of the molecule is CNCCN(C)c1nccn1-c1ccccc1. The van der Waals surface area contributed by atoms with Crippen LogP contribution < -0.4 is 10.2 Å². The van der Waals surface area contributed by atoms with Crippen LogP contribution in [0.1, 0.15) is 0 Å². The van der Waals surface area contributed by atoms with E-state index in [0.717, 1.165) is 24.7 Å². The molecule has 0 radical (unpaired) electrons. The lowest BCUT2D eigenvalue weighted by Crippen LogP contribution is -2.29. The smallest absolute Gasteiger partial charge is 0.209 e. The van der Waals surface area contributed by atoms with E-state index in [0.29, 0.717) is 0 Å². The molecule has 0 saturated carbocycles. The minimum atomic E-state index is 0.931. The third-order valence-electron chi connectivity index (χ3n) is 2.69. The number of rotatable bonds is 5. The largest absolute Gasteiger partial charge is 0.344 e. The van der Waals surface area contributed by atoms with Crippen molar-refractivity contribution in [3.8, 4) is 5.69 Å². The fraction of sp³-hybridized carbons (Fsp3) is 0.308. The normalized spacial score (nSPS) is 10.5. The van der Waals surface area contributed by atoms with Gasteiger partial charge in [-0.3, -0.25) is 4.57 Å². The van der Waals surface area contributed by atoms with Gasteiger partial charge in [-0.1, -0.05) is 18.2 Å². The predicted octanol–water partition coefficient (Wildman–Crippen LogP) is 1.53. The van der Waals surface area contributed by atoms with E-state index < -0.39 is 0 Å². The zero-order valence-corrected chi connectivity index (χ0v) is 10.3. The number of hydrogen-bond donors (Lipinski definition) is 1. The number of likely N-dealkylation sites (N-methyl/N-ethyl adjacent to an activating group) is 2. The van der Waals surface area contributed by atoms with Gasteiger partial charge in [0.1, 0.15) is 0 Å². The van der Waals surface area contributed by atoms with Crippen molar-refractivity contribution in [3.63, 3.8) is 0 Å². The van der Waals surface area contributed by atoms with E-state index in [1.807, 2.05) is 37.6 Å². The Morgan fingerprint density at radius 3 is 2.76 bits per heavy atom. The highest BCUT2D eigenvalue weighted by atomic mass is 15.3. The first-order valence-corrected chi connectivity index (χ1v) is 5.77. The molecule has 0 aliphatic rings. The first-order chi connectivity index (χ1) is 8.33. The molecule has 4 nitrogen and oxygen atoms in total. The Bertz CT molecular complexity index is 449. The first-order valence-electron chi connectivity index (χ1n) is 5.77. The van der Waals surface area contributed by atoms with E-state index in [-0.39, 0.29) is 0 Å². The van der Waals surface area contributed by atoms with Crippen molar-refractivity contribution in [2.45, 2.75) is 0 Å². The maximum atomic E-state index is 4.41. The summed E-state index contributed by atoms with van der Waals surface area (Å²) in [6, 6.07) is 10.2. The molecule has 17 heavy (non-hydrogen) atoms. The average Bonchev–Trinajstić information content (AvgIpc) is 2.86. The van der Waals surface area contributed by atoms with Gasteiger partial charge in [0.15, 0.2) is 0 Å². The van der Waals surface area contributed by atoms with Crippen LogP contribution in [0.2, 0.25) is 0 Å². The molecule has 0 saturated heterocycles. The molecular weight excluding hydrogens is 212 g/mol. The molecule has 0 bridgehead atoms. The topological polar surface area (TPSA) is 33.1 Å². The molecule has 4 heteroatoms. The Labute approximate surface area is 102 Å². The van der Waals surface area contributed by atoms with E-state index in [2.05, 4.69) is 38.9 Å². The van der Waals surface area contributed by atoms with Crippen molar-refractivity contribution in [1.82, 2.24) is 14.9 Å². The minimum Gasteiger partial charge on any atom is -0.344 e. The second-order valence-corrected chi connectivity index (χ2v) is 3.96. The maximum absolute atomic E-state index is 4.41. The molecule has 1 aromatic heterocycles. The van der Waals surface area contributed by atoms with Crippen LogP contribution >= 0.6 is 0 Å². The summed E-state index contributed by atoms with van der Waals surface area (Å²) in [6.07, 6.45) is 3.82. The highest BCUT2D eigenvalue weighted by Crippen LogP contribution is 2.16. The van der Waals surface area contributed by atoms with E-state index in [1.54, 1.807) is 0 Å². The van der Waals surface area contributed by atoms with Crippen molar-refractivity contribution in [1.29, 1.82) is 0 Å². The summed E-state index contributed by atoms with van der Waals surface area (Å²) >= 11 is 0. The summed E-state index contributed by atoms with van der Waals surface area (Å²) in [5.41, 5.74) is 1.14. The lowest BCUT2D eigenvalue weighted by molar-refractivity contribution is 0.748. The quantitative estimate of drug-likeness (QED) is 0.845. The summed E-state index contributed by atoms with van der Waals surface area (Å²) in [5.74, 6) is 0.964. The Hall–Kier alpha value is -1.81. The van der Waals surface area contributed by atoms with Crippen molar-refractivity contribution < 1.29 is 0 Å². The van der Waals surface area contributed by atoms with Crippen molar-refractivity contribution in [2.24, 2.45) is 0 Å². The van der Waals surface area contributed by atoms with Gasteiger partial charge in [0.25, 0.3) is 0 Å². The van der Waals surface area contributed by atoms with Crippen LogP contribution in [-0.2, 0) is 0 Å². The fourth-order valence-electron chi connectivity index (χ4n) is 1.75. The van der Waals surface area contributed by atoms with Crippen LogP contribution in [0.15, 0.2) is 42.7 Å². The lowest BCUT2D eigenvalue weighted by atomic mass is 10.3. The molecule has 0 fully saturated rings. The van der Waals surface area contributed by atoms with Crippen LogP contribution in [0.3, 0.4) is 0 Å². The fourth-order valence-corrected chi connectivity index (χ4v) is 1.75. The lowest BCUT2D eigenvalue weighted by Gasteiger charge is -2.19. The van der Waals surface area contributed by atoms with Gasteiger partial charge in [-0.05, 0) is 19.2 Å². The second kappa shape index (κ2) is 5.50. The molecule has 90 valence electrons. The number of hydrogen-bond acceptors (Lipinski definition) is 3. The molecule has 2 rings (SSSR count). The number of imidazole rings is 1. The molecule has 1 N–H and O–H groups in total. The molecule has 0 aliphatic heterocycles. The van der Waals surface area contributed by atoms with Crippen LogP contribution in [0.4, 0.5) is 5.95 Å². The third kappa shape index (κ3) is 2.65. The van der Waals surface area contributed by atoms with E-state index >= 15 is 0 Å². The first kappa shape index (κ1) is 11.7. The minimum absolute atomic E-state index is 0.931. The van der Waals surface area contributed by atoms with Gasteiger partial charge in [-0.2, -0.15) is 0 Å². The number of nitrogens with one attached hydrogen (secondary N) is 1. The predicted molar refractivity (Wildman–Crippen MR) is 70.8 cm³/mol. The summed E-state index contributed by atoms with van der Waals surface area (Å²) in [7, 11) is 4.01. The van der Waals surface area contributed by atoms with Gasteiger partial charge in [-0.25, -0.2) is 4.98 Å². The molecule has 1 aromatic carbocycles. The Morgan fingerprint density at radius 2 is 2.06 bits per heavy atom. The van der Waals surface area contributed by atoms with Crippen LogP contribution in [0.5, 0.6) is 0 Å². The Morgan fingerprint density at radius 1 is 1.29 bits per heavy atom. The number of para-hydroxylation sites is 1. The maximum Gasteiger partial charge on any atom is 0.209 e. The van der Waals surface area contributed by atoms with Gasteiger partial charge in [0.2, 0.25) is 5.95 Å². The van der Waals surface area contributed by atoms with E-state index in [1.165, 1.54) is 0 Å². The number of anilines is 1. The zero-order chi connectivity index (χ0) is 12.1. The van der Waals surface area contributed by atoms with Crippen molar-refractivity contribution in [2.75, 3.05) is 32.1 Å². The van der Waals surface area contributed by atoms with Gasteiger partial charge in [-0.15, -0.1) is 0 Å². The molecule has 1 heterocycles. The van der Waals surface area contributed by atoms with Gasteiger partial charge < -0.3 is 10.2 Å².